The molecule has 0 saturated carbocycles. The first-order valence-corrected chi connectivity index (χ1v) is 7.08. The van der Waals surface area contributed by atoms with Gasteiger partial charge in [0.05, 0.1) is 17.1 Å². The van der Waals surface area contributed by atoms with Gasteiger partial charge in [0.25, 0.3) is 11.6 Å². The van der Waals surface area contributed by atoms with E-state index in [1.54, 1.807) is 12.1 Å². The van der Waals surface area contributed by atoms with Crippen LogP contribution in [0.5, 0.6) is 5.75 Å². The van der Waals surface area contributed by atoms with Crippen LogP contribution in [-0.2, 0) is 0 Å². The molecule has 110 valence electrons. The number of hydrogen-bond donors (Lipinski definition) is 1. The lowest BCUT2D eigenvalue weighted by molar-refractivity contribution is -0.384. The number of carbonyl (C=O) groups excluding carboxylic acids is 1. The third-order valence-corrected chi connectivity index (χ3v) is 4.13. The predicted octanol–water partition coefficient (Wildman–Crippen LogP) is 4.22. The normalized spacial score (nSPS) is 10.2. The molecule has 9 heteroatoms. The van der Waals surface area contributed by atoms with E-state index in [-0.39, 0.29) is 14.9 Å². The Kier molecular flexibility index (Phi) is 4.66. The molecular weight excluding hydrogens is 339 g/mol. The zero-order valence-corrected chi connectivity index (χ0v) is 12.9. The fraction of sp³-hybridized carbons (Fsp3) is 0.0833. The minimum atomic E-state index is -0.639. The monoisotopic (exact) mass is 346 g/mol. The average molecular weight is 347 g/mol. The average Bonchev–Trinajstić information content (AvgIpc) is 2.81. The highest BCUT2D eigenvalue weighted by atomic mass is 35.5. The molecule has 0 fully saturated rings. The van der Waals surface area contributed by atoms with Crippen LogP contribution < -0.4 is 10.1 Å². The predicted molar refractivity (Wildman–Crippen MR) is 81.9 cm³/mol. The zero-order valence-electron chi connectivity index (χ0n) is 10.6. The Hall–Kier alpha value is -1.83. The number of ether oxygens (including phenoxy) is 1. The topological polar surface area (TPSA) is 81.5 Å². The van der Waals surface area contributed by atoms with Crippen LogP contribution >= 0.6 is 34.5 Å². The van der Waals surface area contributed by atoms with E-state index in [1.807, 2.05) is 0 Å². The smallest absolute Gasteiger partial charge is 0.299 e. The number of nitro groups is 1. The van der Waals surface area contributed by atoms with Gasteiger partial charge in [0.1, 0.15) is 10.6 Å². The second-order valence-corrected chi connectivity index (χ2v) is 5.89. The maximum atomic E-state index is 12.0. The van der Waals surface area contributed by atoms with Gasteiger partial charge in [-0.25, -0.2) is 0 Å². The van der Waals surface area contributed by atoms with Gasteiger partial charge in [0.2, 0.25) is 0 Å². The highest BCUT2D eigenvalue weighted by molar-refractivity contribution is 7.18. The van der Waals surface area contributed by atoms with Crippen LogP contribution in [0.15, 0.2) is 24.3 Å². The van der Waals surface area contributed by atoms with Crippen LogP contribution in [0, 0.1) is 10.1 Å². The van der Waals surface area contributed by atoms with Crippen molar-refractivity contribution in [1.29, 1.82) is 0 Å². The van der Waals surface area contributed by atoms with Gasteiger partial charge in [0, 0.05) is 11.8 Å². The van der Waals surface area contributed by atoms with Gasteiger partial charge in [-0.15, -0.1) is 11.3 Å². The summed E-state index contributed by atoms with van der Waals surface area (Å²) in [6, 6.07) is 5.85. The molecule has 2 rings (SSSR count). The molecule has 0 radical (unpaired) electrons. The number of methoxy groups -OCH3 is 1. The van der Waals surface area contributed by atoms with E-state index in [2.05, 4.69) is 5.32 Å². The fourth-order valence-electron chi connectivity index (χ4n) is 1.53. The van der Waals surface area contributed by atoms with E-state index in [9.17, 15) is 14.9 Å². The summed E-state index contributed by atoms with van der Waals surface area (Å²) in [7, 11) is 1.48. The standard InChI is InChI=1S/C12H8Cl2N2O4S/c1-20-9-3-2-6(4-7(9)13)15-12(17)10-5-8(16(18)19)11(14)21-10/h2-5H,1H3,(H,15,17). The summed E-state index contributed by atoms with van der Waals surface area (Å²) in [5, 5.41) is 13.6. The Morgan fingerprint density at radius 3 is 2.62 bits per heavy atom. The summed E-state index contributed by atoms with van der Waals surface area (Å²) in [5.74, 6) is -0.0271. The number of nitrogens with zero attached hydrogens (tertiary/aromatic N) is 1. The van der Waals surface area contributed by atoms with Crippen molar-refractivity contribution in [2.45, 2.75) is 0 Å². The lowest BCUT2D eigenvalue weighted by atomic mass is 10.3. The molecule has 0 aliphatic rings. The van der Waals surface area contributed by atoms with Gasteiger partial charge in [-0.2, -0.15) is 0 Å². The molecule has 0 saturated heterocycles. The first-order valence-electron chi connectivity index (χ1n) is 5.51. The molecule has 2 aromatic rings. The van der Waals surface area contributed by atoms with Crippen molar-refractivity contribution in [2.75, 3.05) is 12.4 Å². The van der Waals surface area contributed by atoms with Crippen LogP contribution in [0.4, 0.5) is 11.4 Å². The van der Waals surface area contributed by atoms with E-state index in [4.69, 9.17) is 27.9 Å². The van der Waals surface area contributed by atoms with Crippen molar-refractivity contribution >= 4 is 51.8 Å². The SMILES string of the molecule is COc1ccc(NC(=O)c2cc([N+](=O)[O-])c(Cl)s2)cc1Cl. The maximum absolute atomic E-state index is 12.0. The summed E-state index contributed by atoms with van der Waals surface area (Å²) < 4.78 is 4.96. The van der Waals surface area contributed by atoms with Crippen molar-refractivity contribution in [3.8, 4) is 5.75 Å². The van der Waals surface area contributed by atoms with Crippen LogP contribution in [0.1, 0.15) is 9.67 Å². The molecule has 6 nitrogen and oxygen atoms in total. The molecule has 0 spiro atoms. The van der Waals surface area contributed by atoms with E-state index in [0.717, 1.165) is 17.4 Å². The number of amides is 1. The molecule has 0 bridgehead atoms. The van der Waals surface area contributed by atoms with E-state index in [0.29, 0.717) is 16.5 Å². The molecular formula is C12H8Cl2N2O4S. The number of halogens is 2. The van der Waals surface area contributed by atoms with E-state index < -0.39 is 10.8 Å². The van der Waals surface area contributed by atoms with E-state index in [1.165, 1.54) is 13.2 Å². The Labute approximate surface area is 133 Å². The molecule has 21 heavy (non-hydrogen) atoms. The molecule has 0 unspecified atom stereocenters. The minimum Gasteiger partial charge on any atom is -0.495 e. The number of rotatable bonds is 4. The van der Waals surface area contributed by atoms with Crippen LogP contribution in [-0.4, -0.2) is 17.9 Å². The lowest BCUT2D eigenvalue weighted by Gasteiger charge is -2.06. The third-order valence-electron chi connectivity index (χ3n) is 2.50. The molecule has 1 amide bonds. The number of anilines is 1. The summed E-state index contributed by atoms with van der Waals surface area (Å²) in [6.45, 7) is 0. The summed E-state index contributed by atoms with van der Waals surface area (Å²) in [5.41, 5.74) is 0.151. The van der Waals surface area contributed by atoms with Gasteiger partial charge in [0.15, 0.2) is 4.34 Å². The van der Waals surface area contributed by atoms with Gasteiger partial charge < -0.3 is 10.1 Å². The Bertz CT molecular complexity index is 717. The van der Waals surface area contributed by atoms with Gasteiger partial charge >= 0.3 is 0 Å². The highest BCUT2D eigenvalue weighted by Crippen LogP contribution is 2.34. The van der Waals surface area contributed by atoms with Crippen molar-refractivity contribution in [3.05, 3.63) is 48.6 Å². The van der Waals surface area contributed by atoms with Crippen molar-refractivity contribution in [2.24, 2.45) is 0 Å². The molecule has 0 aliphatic heterocycles. The third kappa shape index (κ3) is 3.44. The molecule has 1 N–H and O–H groups in total. The zero-order chi connectivity index (χ0) is 15.6. The second kappa shape index (κ2) is 6.30. The fourth-order valence-corrected chi connectivity index (χ4v) is 2.91. The van der Waals surface area contributed by atoms with Gasteiger partial charge in [-0.05, 0) is 18.2 Å². The van der Waals surface area contributed by atoms with Gasteiger partial charge in [-0.1, -0.05) is 23.2 Å². The highest BCUT2D eigenvalue weighted by Gasteiger charge is 2.21. The van der Waals surface area contributed by atoms with Gasteiger partial charge in [-0.3, -0.25) is 14.9 Å². The number of thiophene rings is 1. The maximum Gasteiger partial charge on any atom is 0.299 e. The van der Waals surface area contributed by atoms with Crippen molar-refractivity contribution in [3.63, 3.8) is 0 Å². The molecule has 1 aromatic carbocycles. The molecule has 1 heterocycles. The van der Waals surface area contributed by atoms with Crippen LogP contribution in [0.25, 0.3) is 0 Å². The lowest BCUT2D eigenvalue weighted by Crippen LogP contribution is -2.10. The van der Waals surface area contributed by atoms with Crippen molar-refractivity contribution < 1.29 is 14.5 Å². The Morgan fingerprint density at radius 1 is 1.38 bits per heavy atom. The first kappa shape index (κ1) is 15.6. The molecule has 0 aliphatic carbocycles. The summed E-state index contributed by atoms with van der Waals surface area (Å²) in [4.78, 5) is 22.2. The summed E-state index contributed by atoms with van der Waals surface area (Å²) >= 11 is 12.5. The van der Waals surface area contributed by atoms with Crippen molar-refractivity contribution in [1.82, 2.24) is 0 Å². The molecule has 0 atom stereocenters. The largest absolute Gasteiger partial charge is 0.495 e. The first-order chi connectivity index (χ1) is 9.92. The van der Waals surface area contributed by atoms with Crippen LogP contribution in [0.2, 0.25) is 9.36 Å². The summed E-state index contributed by atoms with van der Waals surface area (Å²) in [6.07, 6.45) is 0. The number of hydrogen-bond acceptors (Lipinski definition) is 5. The Morgan fingerprint density at radius 2 is 2.10 bits per heavy atom. The number of benzene rings is 1. The minimum absolute atomic E-state index is 0.0436. The second-order valence-electron chi connectivity index (χ2n) is 3.83. The quantitative estimate of drug-likeness (QED) is 0.663. The Balaban J connectivity index is 2.20. The number of carbonyl (C=O) groups is 1. The van der Waals surface area contributed by atoms with Crippen LogP contribution in [0.3, 0.4) is 0 Å². The number of nitrogens with one attached hydrogen (secondary N) is 1. The molecule has 1 aromatic heterocycles. The van der Waals surface area contributed by atoms with E-state index >= 15 is 0 Å².